The van der Waals surface area contributed by atoms with Crippen molar-refractivity contribution in [2.45, 2.75) is 78.9 Å². The van der Waals surface area contributed by atoms with E-state index in [9.17, 15) is 14.4 Å². The number of hydrogen-bond acceptors (Lipinski definition) is 5. The van der Waals surface area contributed by atoms with Gasteiger partial charge in [0.05, 0.1) is 12.1 Å². The Bertz CT molecular complexity index is 490. The molecule has 0 rings (SSSR count). The SMILES string of the molecule is C=C([C@H](CSC=O)NC(=O)C(CCC(C)=O)NC(C)(C)C)C(C)(C)C. The lowest BCUT2D eigenvalue weighted by Crippen LogP contribution is -2.54. The first-order chi connectivity index (χ1) is 11.3. The van der Waals surface area contributed by atoms with Gasteiger partial charge in [-0.15, -0.1) is 0 Å². The van der Waals surface area contributed by atoms with Gasteiger partial charge in [-0.05, 0) is 45.1 Å². The minimum Gasteiger partial charge on any atom is -0.347 e. The largest absolute Gasteiger partial charge is 0.347 e. The van der Waals surface area contributed by atoms with Crippen LogP contribution in [0.3, 0.4) is 0 Å². The zero-order valence-corrected chi connectivity index (χ0v) is 17.5. The average Bonchev–Trinajstić information content (AvgIpc) is 2.44. The Hall–Kier alpha value is -1.14. The molecule has 0 bridgehead atoms. The molecular weight excluding hydrogens is 336 g/mol. The lowest BCUT2D eigenvalue weighted by molar-refractivity contribution is -0.124. The fourth-order valence-corrected chi connectivity index (χ4v) is 2.85. The van der Waals surface area contributed by atoms with E-state index in [1.54, 1.807) is 0 Å². The van der Waals surface area contributed by atoms with Crippen LogP contribution in [0.25, 0.3) is 0 Å². The van der Waals surface area contributed by atoms with Crippen LogP contribution in [0.1, 0.15) is 61.3 Å². The Balaban J connectivity index is 5.23. The molecule has 0 aliphatic rings. The van der Waals surface area contributed by atoms with Gasteiger partial charge in [-0.2, -0.15) is 0 Å². The van der Waals surface area contributed by atoms with E-state index in [2.05, 4.69) is 17.2 Å². The van der Waals surface area contributed by atoms with Crippen molar-refractivity contribution >= 4 is 29.1 Å². The van der Waals surface area contributed by atoms with Crippen molar-refractivity contribution in [3.63, 3.8) is 0 Å². The van der Waals surface area contributed by atoms with Crippen LogP contribution < -0.4 is 10.6 Å². The maximum absolute atomic E-state index is 12.8. The van der Waals surface area contributed by atoms with Crippen LogP contribution in [0.15, 0.2) is 12.2 Å². The fourth-order valence-electron chi connectivity index (χ4n) is 2.30. The van der Waals surface area contributed by atoms with Gasteiger partial charge >= 0.3 is 0 Å². The Labute approximate surface area is 156 Å². The molecule has 0 spiro atoms. The highest BCUT2D eigenvalue weighted by Gasteiger charge is 2.29. The Morgan fingerprint density at radius 3 is 2.08 bits per heavy atom. The molecular formula is C19H34N2O3S. The number of hydrogen-bond donors (Lipinski definition) is 2. The highest BCUT2D eigenvalue weighted by Crippen LogP contribution is 2.27. The van der Waals surface area contributed by atoms with Gasteiger partial charge in [-0.25, -0.2) is 0 Å². The third-order valence-electron chi connectivity index (χ3n) is 3.74. The van der Waals surface area contributed by atoms with E-state index >= 15 is 0 Å². The van der Waals surface area contributed by atoms with E-state index in [1.807, 2.05) is 41.5 Å². The molecule has 144 valence electrons. The van der Waals surface area contributed by atoms with Crippen molar-refractivity contribution in [1.82, 2.24) is 10.6 Å². The van der Waals surface area contributed by atoms with Gasteiger partial charge in [-0.1, -0.05) is 39.1 Å². The second kappa shape index (κ2) is 10.1. The molecule has 0 aliphatic carbocycles. The normalized spacial score (nSPS) is 14.5. The third kappa shape index (κ3) is 10.4. The monoisotopic (exact) mass is 370 g/mol. The van der Waals surface area contributed by atoms with Crippen molar-refractivity contribution in [3.8, 4) is 0 Å². The molecule has 2 atom stereocenters. The number of amides is 1. The molecule has 0 fully saturated rings. The standard InChI is InChI=1S/C19H34N2O3S/c1-13(23)9-10-15(21-19(6,7)8)17(24)20-16(11-25-12-22)14(2)18(3,4)5/h12,15-16,21H,2,9-11H2,1,3-8H3,(H,20,24)/t15?,16-/m0/s1. The molecule has 25 heavy (non-hydrogen) atoms. The summed E-state index contributed by atoms with van der Waals surface area (Å²) in [5.74, 6) is 0.332. The predicted octanol–water partition coefficient (Wildman–Crippen LogP) is 3.12. The lowest BCUT2D eigenvalue weighted by atomic mass is 9.83. The lowest BCUT2D eigenvalue weighted by Gasteiger charge is -2.33. The second-order valence-corrected chi connectivity index (χ2v) is 9.31. The predicted molar refractivity (Wildman–Crippen MR) is 106 cm³/mol. The van der Waals surface area contributed by atoms with E-state index in [4.69, 9.17) is 0 Å². The highest BCUT2D eigenvalue weighted by atomic mass is 32.2. The van der Waals surface area contributed by atoms with Crippen LogP contribution >= 0.6 is 11.8 Å². The number of ketones is 1. The van der Waals surface area contributed by atoms with Crippen molar-refractivity contribution in [2.24, 2.45) is 5.41 Å². The van der Waals surface area contributed by atoms with E-state index in [0.29, 0.717) is 18.6 Å². The first kappa shape index (κ1) is 23.9. The van der Waals surface area contributed by atoms with Crippen LogP contribution in [0.2, 0.25) is 0 Å². The molecule has 0 aromatic carbocycles. The summed E-state index contributed by atoms with van der Waals surface area (Å²) in [4.78, 5) is 34.9. The van der Waals surface area contributed by atoms with Crippen molar-refractivity contribution in [1.29, 1.82) is 0 Å². The van der Waals surface area contributed by atoms with Crippen LogP contribution in [-0.2, 0) is 14.4 Å². The summed E-state index contributed by atoms with van der Waals surface area (Å²) in [5.41, 5.74) is 1.20. The van der Waals surface area contributed by atoms with E-state index in [1.165, 1.54) is 6.92 Å². The number of carbonyl (C=O) groups is 3. The van der Waals surface area contributed by atoms with E-state index in [-0.39, 0.29) is 28.7 Å². The number of carbonyl (C=O) groups excluding carboxylic acids is 3. The second-order valence-electron chi connectivity index (χ2n) is 8.45. The van der Waals surface area contributed by atoms with Crippen LogP contribution in [-0.4, -0.2) is 40.7 Å². The number of rotatable bonds is 10. The summed E-state index contributed by atoms with van der Waals surface area (Å²) in [6, 6.07) is -0.773. The molecule has 2 N–H and O–H groups in total. The topological polar surface area (TPSA) is 75.3 Å². The first-order valence-electron chi connectivity index (χ1n) is 8.60. The van der Waals surface area contributed by atoms with Crippen LogP contribution in [0.4, 0.5) is 0 Å². The van der Waals surface area contributed by atoms with Gasteiger partial charge < -0.3 is 15.4 Å². The molecule has 1 amide bonds. The van der Waals surface area contributed by atoms with Crippen molar-refractivity contribution in [2.75, 3.05) is 5.75 Å². The van der Waals surface area contributed by atoms with Crippen LogP contribution in [0, 0.1) is 5.41 Å². The van der Waals surface area contributed by atoms with Gasteiger partial charge in [0.25, 0.3) is 0 Å². The Kier molecular flexibility index (Phi) is 9.66. The Morgan fingerprint density at radius 2 is 1.68 bits per heavy atom. The molecule has 0 aromatic rings. The molecule has 0 aromatic heterocycles. The minimum absolute atomic E-state index is 0.0562. The van der Waals surface area contributed by atoms with Gasteiger partial charge in [-0.3, -0.25) is 9.59 Å². The summed E-state index contributed by atoms with van der Waals surface area (Å²) < 4.78 is 0. The van der Waals surface area contributed by atoms with Crippen molar-refractivity contribution < 1.29 is 14.4 Å². The zero-order chi connectivity index (χ0) is 19.8. The minimum atomic E-state index is -0.472. The van der Waals surface area contributed by atoms with Gasteiger partial charge in [0.15, 0.2) is 5.62 Å². The maximum atomic E-state index is 12.8. The molecule has 6 heteroatoms. The van der Waals surface area contributed by atoms with Crippen molar-refractivity contribution in [3.05, 3.63) is 12.2 Å². The Morgan fingerprint density at radius 1 is 1.12 bits per heavy atom. The molecule has 0 aliphatic heterocycles. The zero-order valence-electron chi connectivity index (χ0n) is 16.7. The summed E-state index contributed by atoms with van der Waals surface area (Å²) in [7, 11) is 0. The molecule has 0 radical (unpaired) electrons. The molecule has 0 saturated heterocycles. The summed E-state index contributed by atoms with van der Waals surface area (Å²) in [6.07, 6.45) is 0.781. The molecule has 5 nitrogen and oxygen atoms in total. The molecule has 0 saturated carbocycles. The van der Waals surface area contributed by atoms with Gasteiger partial charge in [0.1, 0.15) is 5.78 Å². The van der Waals surface area contributed by atoms with Gasteiger partial charge in [0.2, 0.25) is 5.91 Å². The molecule has 0 heterocycles. The maximum Gasteiger partial charge on any atom is 0.237 e. The van der Waals surface area contributed by atoms with E-state index in [0.717, 1.165) is 23.0 Å². The fraction of sp³-hybridized carbons (Fsp3) is 0.737. The quantitative estimate of drug-likeness (QED) is 0.456. The van der Waals surface area contributed by atoms with E-state index < -0.39 is 6.04 Å². The first-order valence-corrected chi connectivity index (χ1v) is 9.65. The number of thioether (sulfide) groups is 1. The van der Waals surface area contributed by atoms with Gasteiger partial charge in [0, 0.05) is 17.7 Å². The average molecular weight is 371 g/mol. The summed E-state index contributed by atoms with van der Waals surface area (Å²) in [6.45, 7) is 17.7. The summed E-state index contributed by atoms with van der Waals surface area (Å²) in [5, 5.41) is 6.29. The summed E-state index contributed by atoms with van der Waals surface area (Å²) >= 11 is 1.12. The van der Waals surface area contributed by atoms with Crippen LogP contribution in [0.5, 0.6) is 0 Å². The highest BCUT2D eigenvalue weighted by molar-refractivity contribution is 8.11. The smallest absolute Gasteiger partial charge is 0.237 e. The number of Topliss-reactive ketones (excluding diaryl/α,β-unsaturated/α-hetero) is 1. The molecule has 1 unspecified atom stereocenters. The third-order valence-corrected chi connectivity index (χ3v) is 4.40. The number of nitrogens with one attached hydrogen (secondary N) is 2.